The van der Waals surface area contributed by atoms with Crippen molar-refractivity contribution in [2.45, 2.75) is 44.8 Å². The maximum Gasteiger partial charge on any atom is 0.254 e. The van der Waals surface area contributed by atoms with Crippen LogP contribution in [0.5, 0.6) is 0 Å². The Hall–Kier alpha value is -0.610. The van der Waals surface area contributed by atoms with Crippen molar-refractivity contribution in [3.63, 3.8) is 0 Å². The van der Waals surface area contributed by atoms with E-state index in [1.54, 1.807) is 0 Å². The third kappa shape index (κ3) is 1.74. The normalized spacial score (nSPS) is 32.9. The number of nitrogens with zero attached hydrogens (tertiary/aromatic N) is 1. The molecule has 0 bridgehead atoms. The molecule has 0 aromatic heterocycles. The first-order valence-electron chi connectivity index (χ1n) is 6.10. The van der Waals surface area contributed by atoms with Gasteiger partial charge in [0.25, 0.3) is 5.91 Å². The molecule has 1 atom stereocenters. The Kier molecular flexibility index (Phi) is 2.75. The predicted octanol–water partition coefficient (Wildman–Crippen LogP) is 0.751. The zero-order valence-electron chi connectivity index (χ0n) is 10.5. The lowest BCUT2D eigenvalue weighted by atomic mass is 9.79. The third-order valence-corrected chi connectivity index (χ3v) is 4.08. The molecular weight excluding hydrogens is 204 g/mol. The van der Waals surface area contributed by atoms with Crippen molar-refractivity contribution < 1.29 is 9.53 Å². The van der Waals surface area contributed by atoms with Gasteiger partial charge in [-0.2, -0.15) is 0 Å². The summed E-state index contributed by atoms with van der Waals surface area (Å²) in [6, 6.07) is 0. The van der Waals surface area contributed by atoms with E-state index >= 15 is 0 Å². The van der Waals surface area contributed by atoms with Gasteiger partial charge in [0, 0.05) is 19.7 Å². The first-order valence-corrected chi connectivity index (χ1v) is 6.10. The minimum absolute atomic E-state index is 0.117. The average Bonchev–Trinajstić information content (AvgIpc) is 2.60. The fourth-order valence-corrected chi connectivity index (χ4v) is 2.46. The zero-order chi connectivity index (χ0) is 12.0. The Balaban J connectivity index is 1.95. The molecule has 16 heavy (non-hydrogen) atoms. The monoisotopic (exact) mass is 226 g/mol. The number of nitrogens with two attached hydrogens (primary N) is 1. The highest BCUT2D eigenvalue weighted by Crippen LogP contribution is 2.33. The topological polar surface area (TPSA) is 55.6 Å². The van der Waals surface area contributed by atoms with Crippen LogP contribution in [0, 0.1) is 5.92 Å². The molecule has 0 radical (unpaired) electrons. The van der Waals surface area contributed by atoms with Crippen LogP contribution in [0.3, 0.4) is 0 Å². The number of likely N-dealkylation sites (tertiary alicyclic amines) is 1. The second kappa shape index (κ2) is 3.70. The van der Waals surface area contributed by atoms with Gasteiger partial charge in [-0.15, -0.1) is 0 Å². The van der Waals surface area contributed by atoms with Gasteiger partial charge in [0.15, 0.2) is 0 Å². The summed E-state index contributed by atoms with van der Waals surface area (Å²) in [5, 5.41) is 0. The highest BCUT2D eigenvalue weighted by atomic mass is 16.5. The van der Waals surface area contributed by atoms with Crippen LogP contribution in [0.15, 0.2) is 0 Å². The lowest BCUT2D eigenvalue weighted by molar-refractivity contribution is -0.160. The van der Waals surface area contributed by atoms with Crippen molar-refractivity contribution >= 4 is 5.91 Å². The van der Waals surface area contributed by atoms with E-state index in [2.05, 4.69) is 13.8 Å². The van der Waals surface area contributed by atoms with Crippen LogP contribution in [0.2, 0.25) is 0 Å². The molecule has 1 unspecified atom stereocenters. The second-order valence-corrected chi connectivity index (χ2v) is 5.73. The summed E-state index contributed by atoms with van der Waals surface area (Å²) in [7, 11) is 0. The molecule has 2 rings (SSSR count). The molecule has 0 aromatic carbocycles. The molecule has 2 N–H and O–H groups in total. The zero-order valence-corrected chi connectivity index (χ0v) is 10.5. The van der Waals surface area contributed by atoms with Crippen molar-refractivity contribution in [1.82, 2.24) is 4.90 Å². The number of rotatable bonds is 2. The van der Waals surface area contributed by atoms with E-state index < -0.39 is 5.60 Å². The summed E-state index contributed by atoms with van der Waals surface area (Å²) in [4.78, 5) is 14.0. The maximum atomic E-state index is 12.2. The number of ether oxygens (including phenoxy) is 1. The van der Waals surface area contributed by atoms with Gasteiger partial charge < -0.3 is 15.4 Å². The van der Waals surface area contributed by atoms with Gasteiger partial charge in [-0.25, -0.2) is 0 Å². The Labute approximate surface area is 97.1 Å². The van der Waals surface area contributed by atoms with Crippen LogP contribution in [0.25, 0.3) is 0 Å². The summed E-state index contributed by atoms with van der Waals surface area (Å²) in [5.74, 6) is 0.528. The van der Waals surface area contributed by atoms with Gasteiger partial charge >= 0.3 is 0 Å². The first kappa shape index (κ1) is 11.9. The van der Waals surface area contributed by atoms with Crippen molar-refractivity contribution in [2.75, 3.05) is 19.7 Å². The molecule has 0 aromatic rings. The van der Waals surface area contributed by atoms with Gasteiger partial charge in [-0.1, -0.05) is 13.8 Å². The Morgan fingerprint density at radius 2 is 2.06 bits per heavy atom. The number of amides is 1. The molecule has 0 aliphatic carbocycles. The van der Waals surface area contributed by atoms with E-state index in [-0.39, 0.29) is 11.4 Å². The van der Waals surface area contributed by atoms with Crippen LogP contribution >= 0.6 is 0 Å². The number of carbonyl (C=O) groups is 1. The van der Waals surface area contributed by atoms with Crippen LogP contribution in [0.4, 0.5) is 0 Å². The summed E-state index contributed by atoms with van der Waals surface area (Å²) in [5.41, 5.74) is 5.41. The fraction of sp³-hybridized carbons (Fsp3) is 0.917. The van der Waals surface area contributed by atoms with Crippen LogP contribution < -0.4 is 5.73 Å². The van der Waals surface area contributed by atoms with E-state index in [1.807, 2.05) is 11.8 Å². The van der Waals surface area contributed by atoms with Crippen molar-refractivity contribution in [2.24, 2.45) is 11.7 Å². The van der Waals surface area contributed by atoms with Gasteiger partial charge in [0.1, 0.15) is 5.60 Å². The largest absolute Gasteiger partial charge is 0.365 e. The van der Waals surface area contributed by atoms with Crippen LogP contribution in [-0.2, 0) is 9.53 Å². The summed E-state index contributed by atoms with van der Waals surface area (Å²) >= 11 is 0. The van der Waals surface area contributed by atoms with E-state index in [1.165, 1.54) is 0 Å². The maximum absolute atomic E-state index is 12.2. The molecule has 2 aliphatic heterocycles. The predicted molar refractivity (Wildman–Crippen MR) is 61.9 cm³/mol. The Bertz CT molecular complexity index is 289. The number of hydrogen-bond acceptors (Lipinski definition) is 3. The van der Waals surface area contributed by atoms with Gasteiger partial charge in [0.05, 0.1) is 5.54 Å². The SMILES string of the molecule is CC(C)C1(N)CN(C(=O)C2(C)CCCO2)C1. The van der Waals surface area contributed by atoms with Gasteiger partial charge in [0.2, 0.25) is 0 Å². The molecule has 2 saturated heterocycles. The fourth-order valence-electron chi connectivity index (χ4n) is 2.46. The minimum Gasteiger partial charge on any atom is -0.365 e. The van der Waals surface area contributed by atoms with Crippen molar-refractivity contribution in [3.8, 4) is 0 Å². The number of carbonyl (C=O) groups excluding carboxylic acids is 1. The Morgan fingerprint density at radius 3 is 2.50 bits per heavy atom. The Morgan fingerprint density at radius 1 is 1.44 bits per heavy atom. The van der Waals surface area contributed by atoms with Gasteiger partial charge in [-0.05, 0) is 25.7 Å². The molecule has 4 nitrogen and oxygen atoms in total. The molecule has 2 aliphatic rings. The molecule has 1 amide bonds. The summed E-state index contributed by atoms with van der Waals surface area (Å²) in [6.45, 7) is 8.15. The highest BCUT2D eigenvalue weighted by molar-refractivity contribution is 5.86. The molecule has 2 heterocycles. The van der Waals surface area contributed by atoms with E-state index in [4.69, 9.17) is 10.5 Å². The molecular formula is C12H22N2O2. The second-order valence-electron chi connectivity index (χ2n) is 5.73. The average molecular weight is 226 g/mol. The standard InChI is InChI=1S/C12H22N2O2/c1-9(2)12(13)7-14(8-12)10(15)11(3)5-4-6-16-11/h9H,4-8,13H2,1-3H3. The minimum atomic E-state index is -0.585. The van der Waals surface area contributed by atoms with Gasteiger partial charge in [-0.3, -0.25) is 4.79 Å². The summed E-state index contributed by atoms with van der Waals surface area (Å²) < 4.78 is 5.56. The summed E-state index contributed by atoms with van der Waals surface area (Å²) in [6.07, 6.45) is 1.82. The molecule has 92 valence electrons. The first-order chi connectivity index (χ1) is 7.37. The van der Waals surface area contributed by atoms with E-state index in [0.29, 0.717) is 25.6 Å². The lowest BCUT2D eigenvalue weighted by Gasteiger charge is -2.52. The smallest absolute Gasteiger partial charge is 0.254 e. The quantitative estimate of drug-likeness (QED) is 0.756. The van der Waals surface area contributed by atoms with Crippen LogP contribution in [-0.4, -0.2) is 41.6 Å². The number of hydrogen-bond donors (Lipinski definition) is 1. The third-order valence-electron chi connectivity index (χ3n) is 4.08. The van der Waals surface area contributed by atoms with Crippen LogP contribution in [0.1, 0.15) is 33.6 Å². The molecule has 0 spiro atoms. The lowest BCUT2D eigenvalue weighted by Crippen LogP contribution is -2.73. The molecule has 2 fully saturated rings. The van der Waals surface area contributed by atoms with Crippen molar-refractivity contribution in [1.29, 1.82) is 0 Å². The molecule has 4 heteroatoms. The highest BCUT2D eigenvalue weighted by Gasteiger charge is 2.50. The van der Waals surface area contributed by atoms with E-state index in [0.717, 1.165) is 12.8 Å². The molecule has 0 saturated carbocycles. The van der Waals surface area contributed by atoms with Crippen molar-refractivity contribution in [3.05, 3.63) is 0 Å². The van der Waals surface area contributed by atoms with E-state index in [9.17, 15) is 4.79 Å².